The van der Waals surface area contributed by atoms with Crippen LogP contribution in [0, 0.1) is 0 Å². The van der Waals surface area contributed by atoms with E-state index in [0.29, 0.717) is 10.5 Å². The van der Waals surface area contributed by atoms with Crippen LogP contribution in [-0.2, 0) is 5.33 Å². The van der Waals surface area contributed by atoms with Gasteiger partial charge in [0.2, 0.25) is 5.28 Å². The summed E-state index contributed by atoms with van der Waals surface area (Å²) >= 11 is 14.3. The van der Waals surface area contributed by atoms with Crippen molar-refractivity contribution in [3.8, 4) is 0 Å². The van der Waals surface area contributed by atoms with Crippen molar-refractivity contribution in [2.24, 2.45) is 0 Å². The van der Waals surface area contributed by atoms with Gasteiger partial charge in [-0.05, 0) is 17.7 Å². The highest BCUT2D eigenvalue weighted by atomic mass is 79.9. The van der Waals surface area contributed by atoms with E-state index in [1.807, 2.05) is 0 Å². The molecule has 0 aromatic carbocycles. The zero-order valence-corrected chi connectivity index (χ0v) is 7.91. The SMILES string of the molecule is Clc1cc(CBr)nc(Cl)n1. The molecule has 0 fully saturated rings. The lowest BCUT2D eigenvalue weighted by Crippen LogP contribution is -1.88. The van der Waals surface area contributed by atoms with Gasteiger partial charge in [0.25, 0.3) is 0 Å². The molecule has 0 spiro atoms. The Balaban J connectivity index is 3.06. The molecule has 1 aromatic heterocycles. The molecule has 0 atom stereocenters. The van der Waals surface area contributed by atoms with Crippen molar-refractivity contribution in [1.82, 2.24) is 9.97 Å². The van der Waals surface area contributed by atoms with Crippen molar-refractivity contribution >= 4 is 39.1 Å². The molecular weight excluding hydrogens is 239 g/mol. The van der Waals surface area contributed by atoms with Crippen molar-refractivity contribution in [2.45, 2.75) is 5.33 Å². The number of alkyl halides is 1. The van der Waals surface area contributed by atoms with Crippen molar-refractivity contribution in [2.75, 3.05) is 0 Å². The summed E-state index contributed by atoms with van der Waals surface area (Å²) < 4.78 is 0. The molecule has 0 amide bonds. The van der Waals surface area contributed by atoms with E-state index < -0.39 is 0 Å². The van der Waals surface area contributed by atoms with Crippen LogP contribution in [0.15, 0.2) is 6.07 Å². The molecule has 1 aromatic rings. The normalized spacial score (nSPS) is 9.90. The Bertz CT molecular complexity index is 221. The maximum atomic E-state index is 5.57. The molecular formula is C5H3BrCl2N2. The minimum Gasteiger partial charge on any atom is -0.222 e. The lowest BCUT2D eigenvalue weighted by Gasteiger charge is -1.94. The molecule has 0 bridgehead atoms. The summed E-state index contributed by atoms with van der Waals surface area (Å²) in [6, 6.07) is 1.65. The lowest BCUT2D eigenvalue weighted by molar-refractivity contribution is 1.09. The molecule has 0 unspecified atom stereocenters. The second-order valence-corrected chi connectivity index (χ2v) is 2.87. The fourth-order valence-corrected chi connectivity index (χ4v) is 1.24. The maximum absolute atomic E-state index is 5.57. The summed E-state index contributed by atoms with van der Waals surface area (Å²) in [5.41, 5.74) is 0.782. The second-order valence-electron chi connectivity index (χ2n) is 1.58. The monoisotopic (exact) mass is 240 g/mol. The first-order chi connectivity index (χ1) is 4.72. The van der Waals surface area contributed by atoms with E-state index in [9.17, 15) is 0 Å². The predicted octanol–water partition coefficient (Wildman–Crippen LogP) is 2.68. The molecule has 0 saturated heterocycles. The fourth-order valence-electron chi connectivity index (χ4n) is 0.502. The van der Waals surface area contributed by atoms with Crippen molar-refractivity contribution in [1.29, 1.82) is 0 Å². The molecule has 0 aliphatic carbocycles. The number of hydrogen-bond acceptors (Lipinski definition) is 2. The zero-order chi connectivity index (χ0) is 7.56. The van der Waals surface area contributed by atoms with Gasteiger partial charge in [0.15, 0.2) is 0 Å². The van der Waals surface area contributed by atoms with E-state index in [2.05, 4.69) is 25.9 Å². The molecule has 0 aliphatic rings. The van der Waals surface area contributed by atoms with Gasteiger partial charge in [-0.15, -0.1) is 0 Å². The van der Waals surface area contributed by atoms with E-state index in [-0.39, 0.29) is 5.28 Å². The van der Waals surface area contributed by atoms with Gasteiger partial charge in [-0.2, -0.15) is 0 Å². The van der Waals surface area contributed by atoms with Crippen molar-refractivity contribution in [3.05, 3.63) is 22.2 Å². The Kier molecular flexibility index (Phi) is 2.89. The van der Waals surface area contributed by atoms with Crippen LogP contribution in [0.3, 0.4) is 0 Å². The zero-order valence-electron chi connectivity index (χ0n) is 4.81. The standard InChI is InChI=1S/C5H3BrCl2N2/c6-2-3-1-4(7)10-5(8)9-3/h1H,2H2. The van der Waals surface area contributed by atoms with Crippen LogP contribution >= 0.6 is 39.1 Å². The van der Waals surface area contributed by atoms with E-state index in [0.717, 1.165) is 5.69 Å². The van der Waals surface area contributed by atoms with E-state index in [4.69, 9.17) is 23.2 Å². The fraction of sp³-hybridized carbons (Fsp3) is 0.200. The topological polar surface area (TPSA) is 25.8 Å². The Hall–Kier alpha value is 0.140. The van der Waals surface area contributed by atoms with Gasteiger partial charge in [-0.3, -0.25) is 0 Å². The van der Waals surface area contributed by atoms with Gasteiger partial charge in [-0.1, -0.05) is 27.5 Å². The summed E-state index contributed by atoms with van der Waals surface area (Å²) in [5, 5.41) is 1.19. The first-order valence-corrected chi connectivity index (χ1v) is 4.35. The van der Waals surface area contributed by atoms with Crippen LogP contribution in [0.4, 0.5) is 0 Å². The van der Waals surface area contributed by atoms with Gasteiger partial charge in [0.05, 0.1) is 5.69 Å². The largest absolute Gasteiger partial charge is 0.224 e. The van der Waals surface area contributed by atoms with Gasteiger partial charge >= 0.3 is 0 Å². The maximum Gasteiger partial charge on any atom is 0.224 e. The van der Waals surface area contributed by atoms with Crippen LogP contribution in [0.5, 0.6) is 0 Å². The third-order valence-electron chi connectivity index (χ3n) is 0.858. The molecule has 0 radical (unpaired) electrons. The van der Waals surface area contributed by atoms with Crippen LogP contribution in [-0.4, -0.2) is 9.97 Å². The van der Waals surface area contributed by atoms with Gasteiger partial charge in [0.1, 0.15) is 5.15 Å². The summed E-state index contributed by atoms with van der Waals surface area (Å²) in [4.78, 5) is 7.56. The third-order valence-corrected chi connectivity index (χ3v) is 1.79. The highest BCUT2D eigenvalue weighted by molar-refractivity contribution is 9.08. The molecule has 0 N–H and O–H groups in total. The Labute approximate surface area is 76.7 Å². The Morgan fingerprint density at radius 3 is 2.60 bits per heavy atom. The van der Waals surface area contributed by atoms with E-state index in [1.165, 1.54) is 0 Å². The molecule has 1 rings (SSSR count). The average Bonchev–Trinajstić information content (AvgIpc) is 1.85. The van der Waals surface area contributed by atoms with Crippen molar-refractivity contribution < 1.29 is 0 Å². The smallest absolute Gasteiger partial charge is 0.222 e. The predicted molar refractivity (Wildman–Crippen MR) is 44.7 cm³/mol. The van der Waals surface area contributed by atoms with Gasteiger partial charge in [-0.25, -0.2) is 9.97 Å². The van der Waals surface area contributed by atoms with Gasteiger partial charge in [0, 0.05) is 5.33 Å². The lowest BCUT2D eigenvalue weighted by atomic mass is 10.5. The second kappa shape index (κ2) is 3.51. The highest BCUT2D eigenvalue weighted by Crippen LogP contribution is 2.12. The third kappa shape index (κ3) is 2.08. The van der Waals surface area contributed by atoms with Crippen LogP contribution in [0.2, 0.25) is 10.4 Å². The minimum absolute atomic E-state index is 0.182. The number of halogens is 3. The molecule has 2 nitrogen and oxygen atoms in total. The quantitative estimate of drug-likeness (QED) is 0.429. The van der Waals surface area contributed by atoms with Crippen molar-refractivity contribution in [3.63, 3.8) is 0 Å². The molecule has 0 saturated carbocycles. The molecule has 1 heterocycles. The molecule has 10 heavy (non-hydrogen) atoms. The van der Waals surface area contributed by atoms with Crippen LogP contribution < -0.4 is 0 Å². The molecule has 54 valence electrons. The molecule has 0 aliphatic heterocycles. The number of nitrogens with zero attached hydrogens (tertiary/aromatic N) is 2. The Morgan fingerprint density at radius 2 is 2.10 bits per heavy atom. The molecule has 5 heteroatoms. The van der Waals surface area contributed by atoms with Gasteiger partial charge < -0.3 is 0 Å². The summed E-state index contributed by atoms with van der Waals surface area (Å²) in [7, 11) is 0. The summed E-state index contributed by atoms with van der Waals surface area (Å²) in [6.07, 6.45) is 0. The van der Waals surface area contributed by atoms with E-state index in [1.54, 1.807) is 6.07 Å². The number of aromatic nitrogens is 2. The minimum atomic E-state index is 0.182. The summed E-state index contributed by atoms with van der Waals surface area (Å²) in [6.45, 7) is 0. The van der Waals surface area contributed by atoms with Crippen LogP contribution in [0.1, 0.15) is 5.69 Å². The Morgan fingerprint density at radius 1 is 1.40 bits per heavy atom. The number of hydrogen-bond donors (Lipinski definition) is 0. The highest BCUT2D eigenvalue weighted by Gasteiger charge is 1.97. The van der Waals surface area contributed by atoms with E-state index >= 15 is 0 Å². The average molecular weight is 242 g/mol. The van der Waals surface area contributed by atoms with Crippen LogP contribution in [0.25, 0.3) is 0 Å². The first-order valence-electron chi connectivity index (χ1n) is 2.47. The number of rotatable bonds is 1. The summed E-state index contributed by atoms with van der Waals surface area (Å²) in [5.74, 6) is 0. The first kappa shape index (κ1) is 8.24.